The molecule has 118 valence electrons. The number of piperazine rings is 1. The molecule has 21 heavy (non-hydrogen) atoms. The summed E-state index contributed by atoms with van der Waals surface area (Å²) in [6.07, 6.45) is 4.18. The van der Waals surface area contributed by atoms with Gasteiger partial charge in [-0.25, -0.2) is 0 Å². The number of nitrogens with one attached hydrogen (secondary N) is 1. The lowest BCUT2D eigenvalue weighted by molar-refractivity contribution is 0.0795. The van der Waals surface area contributed by atoms with Crippen LogP contribution in [0.3, 0.4) is 0 Å². The third-order valence-electron chi connectivity index (χ3n) is 5.04. The molecule has 3 heterocycles. The number of hydrogen-bond donors (Lipinski definition) is 1. The zero-order valence-electron chi connectivity index (χ0n) is 13.5. The van der Waals surface area contributed by atoms with Crippen LogP contribution in [0.4, 0.5) is 0 Å². The summed E-state index contributed by atoms with van der Waals surface area (Å²) in [7, 11) is 0. The SMILES string of the molecule is Cc1ccsc1C(CN1CCCCC1)N1CCNCC1C. The minimum atomic E-state index is 0.584. The monoisotopic (exact) mass is 307 g/mol. The van der Waals surface area contributed by atoms with Crippen LogP contribution >= 0.6 is 11.3 Å². The van der Waals surface area contributed by atoms with Crippen molar-refractivity contribution in [1.29, 1.82) is 0 Å². The van der Waals surface area contributed by atoms with Crippen molar-refractivity contribution in [1.82, 2.24) is 15.1 Å². The Morgan fingerprint density at radius 1 is 1.29 bits per heavy atom. The molecule has 0 aliphatic carbocycles. The summed E-state index contributed by atoms with van der Waals surface area (Å²) in [6.45, 7) is 11.9. The molecule has 4 heteroatoms. The molecule has 2 aliphatic heterocycles. The van der Waals surface area contributed by atoms with Gasteiger partial charge in [-0.2, -0.15) is 0 Å². The lowest BCUT2D eigenvalue weighted by Crippen LogP contribution is -2.53. The first kappa shape index (κ1) is 15.5. The van der Waals surface area contributed by atoms with E-state index in [4.69, 9.17) is 0 Å². The molecular formula is C17H29N3S. The zero-order chi connectivity index (χ0) is 14.7. The third kappa shape index (κ3) is 3.67. The smallest absolute Gasteiger partial charge is 0.0575 e. The van der Waals surface area contributed by atoms with Gasteiger partial charge >= 0.3 is 0 Å². The quantitative estimate of drug-likeness (QED) is 0.923. The summed E-state index contributed by atoms with van der Waals surface area (Å²) < 4.78 is 0. The van der Waals surface area contributed by atoms with Crippen LogP contribution in [0.5, 0.6) is 0 Å². The van der Waals surface area contributed by atoms with Gasteiger partial charge in [-0.1, -0.05) is 6.42 Å². The zero-order valence-corrected chi connectivity index (χ0v) is 14.3. The van der Waals surface area contributed by atoms with E-state index >= 15 is 0 Å². The van der Waals surface area contributed by atoms with E-state index in [1.807, 2.05) is 11.3 Å². The van der Waals surface area contributed by atoms with Gasteiger partial charge in [0, 0.05) is 37.1 Å². The molecule has 2 fully saturated rings. The largest absolute Gasteiger partial charge is 0.314 e. The summed E-state index contributed by atoms with van der Waals surface area (Å²) in [4.78, 5) is 7.03. The Balaban J connectivity index is 1.78. The number of piperidine rings is 1. The normalized spacial score (nSPS) is 26.9. The molecule has 0 bridgehead atoms. The molecule has 2 aliphatic rings. The highest BCUT2D eigenvalue weighted by molar-refractivity contribution is 7.10. The van der Waals surface area contributed by atoms with Gasteiger partial charge in [0.05, 0.1) is 6.04 Å². The van der Waals surface area contributed by atoms with Gasteiger partial charge in [-0.15, -0.1) is 11.3 Å². The van der Waals surface area contributed by atoms with Crippen LogP contribution < -0.4 is 5.32 Å². The fraction of sp³-hybridized carbons (Fsp3) is 0.765. The van der Waals surface area contributed by atoms with E-state index in [1.54, 1.807) is 4.88 Å². The van der Waals surface area contributed by atoms with Gasteiger partial charge in [0.2, 0.25) is 0 Å². The van der Waals surface area contributed by atoms with E-state index in [9.17, 15) is 0 Å². The number of rotatable bonds is 4. The summed E-state index contributed by atoms with van der Waals surface area (Å²) in [5.74, 6) is 0. The fourth-order valence-electron chi connectivity index (χ4n) is 3.77. The second-order valence-electron chi connectivity index (χ2n) is 6.64. The van der Waals surface area contributed by atoms with Crippen molar-refractivity contribution in [3.63, 3.8) is 0 Å². The maximum atomic E-state index is 3.53. The van der Waals surface area contributed by atoms with Crippen molar-refractivity contribution < 1.29 is 0 Å². The van der Waals surface area contributed by atoms with Crippen molar-refractivity contribution in [2.24, 2.45) is 0 Å². The topological polar surface area (TPSA) is 18.5 Å². The lowest BCUT2D eigenvalue weighted by atomic mass is 10.0. The van der Waals surface area contributed by atoms with Crippen molar-refractivity contribution in [2.75, 3.05) is 39.3 Å². The van der Waals surface area contributed by atoms with Crippen LogP contribution in [-0.4, -0.2) is 55.1 Å². The third-order valence-corrected chi connectivity index (χ3v) is 6.16. The molecule has 1 N–H and O–H groups in total. The van der Waals surface area contributed by atoms with Crippen LogP contribution in [0.2, 0.25) is 0 Å². The first-order valence-electron chi connectivity index (χ1n) is 8.48. The molecule has 1 aromatic rings. The average Bonchev–Trinajstić information content (AvgIpc) is 2.93. The highest BCUT2D eigenvalue weighted by Crippen LogP contribution is 2.32. The van der Waals surface area contributed by atoms with Gasteiger partial charge < -0.3 is 10.2 Å². The molecule has 2 unspecified atom stereocenters. The fourth-order valence-corrected chi connectivity index (χ4v) is 4.81. The Morgan fingerprint density at radius 2 is 2.10 bits per heavy atom. The van der Waals surface area contributed by atoms with E-state index < -0.39 is 0 Å². The van der Waals surface area contributed by atoms with E-state index in [0.717, 1.165) is 13.1 Å². The van der Waals surface area contributed by atoms with E-state index in [-0.39, 0.29) is 0 Å². The first-order chi connectivity index (χ1) is 10.3. The van der Waals surface area contributed by atoms with E-state index in [1.165, 1.54) is 51.0 Å². The number of aryl methyl sites for hydroxylation is 1. The Bertz CT molecular complexity index is 439. The lowest BCUT2D eigenvalue weighted by Gasteiger charge is -2.42. The Hall–Kier alpha value is -0.420. The minimum absolute atomic E-state index is 0.584. The molecule has 0 saturated carbocycles. The van der Waals surface area contributed by atoms with Crippen LogP contribution in [0.1, 0.15) is 42.7 Å². The average molecular weight is 308 g/mol. The molecule has 0 aromatic carbocycles. The molecular weight excluding hydrogens is 278 g/mol. The van der Waals surface area contributed by atoms with Crippen molar-refractivity contribution in [3.05, 3.63) is 21.9 Å². The number of nitrogens with zero attached hydrogens (tertiary/aromatic N) is 2. The van der Waals surface area contributed by atoms with Crippen LogP contribution in [-0.2, 0) is 0 Å². The second-order valence-corrected chi connectivity index (χ2v) is 7.58. The number of likely N-dealkylation sites (tertiary alicyclic amines) is 1. The molecule has 3 rings (SSSR count). The first-order valence-corrected chi connectivity index (χ1v) is 9.36. The van der Waals surface area contributed by atoms with Crippen molar-refractivity contribution in [2.45, 2.75) is 45.2 Å². The standard InChI is InChI=1S/C17H29N3S/c1-14-6-11-21-17(14)16(13-19-8-4-3-5-9-19)20-10-7-18-12-15(20)2/h6,11,15-16,18H,3-5,7-10,12-13H2,1-2H3. The van der Waals surface area contributed by atoms with Crippen LogP contribution in [0.25, 0.3) is 0 Å². The number of thiophene rings is 1. The highest BCUT2D eigenvalue weighted by atomic mass is 32.1. The van der Waals surface area contributed by atoms with Gasteiger partial charge in [0.25, 0.3) is 0 Å². The summed E-state index contributed by atoms with van der Waals surface area (Å²) in [6, 6.07) is 3.51. The minimum Gasteiger partial charge on any atom is -0.314 e. The summed E-state index contributed by atoms with van der Waals surface area (Å²) >= 11 is 1.95. The van der Waals surface area contributed by atoms with Crippen molar-refractivity contribution in [3.8, 4) is 0 Å². The molecule has 0 radical (unpaired) electrons. The maximum absolute atomic E-state index is 3.53. The highest BCUT2D eigenvalue weighted by Gasteiger charge is 2.30. The van der Waals surface area contributed by atoms with E-state index in [0.29, 0.717) is 12.1 Å². The van der Waals surface area contributed by atoms with Crippen molar-refractivity contribution >= 4 is 11.3 Å². The van der Waals surface area contributed by atoms with Gasteiger partial charge in [-0.3, -0.25) is 4.90 Å². The molecule has 3 nitrogen and oxygen atoms in total. The van der Waals surface area contributed by atoms with E-state index in [2.05, 4.69) is 40.4 Å². The van der Waals surface area contributed by atoms with Crippen LogP contribution in [0.15, 0.2) is 11.4 Å². The molecule has 0 spiro atoms. The molecule has 2 saturated heterocycles. The Labute approximate surface area is 133 Å². The predicted octanol–water partition coefficient (Wildman–Crippen LogP) is 2.88. The molecule has 2 atom stereocenters. The molecule has 1 aromatic heterocycles. The summed E-state index contributed by atoms with van der Waals surface area (Å²) in [5, 5.41) is 5.80. The number of hydrogen-bond acceptors (Lipinski definition) is 4. The second kappa shape index (κ2) is 7.23. The van der Waals surface area contributed by atoms with Gasteiger partial charge in [0.1, 0.15) is 0 Å². The predicted molar refractivity (Wildman–Crippen MR) is 91.1 cm³/mol. The Morgan fingerprint density at radius 3 is 2.76 bits per heavy atom. The Kier molecular flexibility index (Phi) is 5.33. The van der Waals surface area contributed by atoms with Gasteiger partial charge in [-0.05, 0) is 56.8 Å². The van der Waals surface area contributed by atoms with Crippen LogP contribution in [0, 0.1) is 6.92 Å². The van der Waals surface area contributed by atoms with Gasteiger partial charge in [0.15, 0.2) is 0 Å². The maximum Gasteiger partial charge on any atom is 0.0575 e. The molecule has 0 amide bonds. The summed E-state index contributed by atoms with van der Waals surface area (Å²) in [5.41, 5.74) is 1.48.